The first kappa shape index (κ1) is 22.1. The van der Waals surface area contributed by atoms with Gasteiger partial charge in [0.1, 0.15) is 5.82 Å². The largest absolute Gasteiger partial charge is 0.416 e. The number of nitrogen functional groups attached to an aromatic ring is 1. The van der Waals surface area contributed by atoms with E-state index in [1.54, 1.807) is 6.07 Å². The number of nitrogens with two attached hydrogens (primary N) is 1. The summed E-state index contributed by atoms with van der Waals surface area (Å²) in [5, 5.41) is 0.793. The highest BCUT2D eigenvalue weighted by molar-refractivity contribution is 5.92. The van der Waals surface area contributed by atoms with Crippen molar-refractivity contribution in [3.8, 4) is 0 Å². The van der Waals surface area contributed by atoms with Gasteiger partial charge in [0.25, 0.3) is 5.56 Å². The van der Waals surface area contributed by atoms with Crippen LogP contribution < -0.4 is 16.2 Å². The van der Waals surface area contributed by atoms with E-state index in [1.807, 2.05) is 0 Å². The van der Waals surface area contributed by atoms with Gasteiger partial charge in [-0.3, -0.25) is 9.69 Å². The van der Waals surface area contributed by atoms with Gasteiger partial charge in [-0.15, -0.1) is 0 Å². The number of hydrogen-bond donors (Lipinski definition) is 2. The maximum absolute atomic E-state index is 13.5. The van der Waals surface area contributed by atoms with Gasteiger partial charge in [-0.05, 0) is 61.9 Å². The average Bonchev–Trinajstić information content (AvgIpc) is 2.75. The molecule has 1 aliphatic rings. The molecule has 0 bridgehead atoms. The average molecular weight is 448 g/mol. The summed E-state index contributed by atoms with van der Waals surface area (Å²) in [6.45, 7) is 3.92. The van der Waals surface area contributed by atoms with E-state index in [0.29, 0.717) is 11.8 Å². The van der Waals surface area contributed by atoms with Crippen molar-refractivity contribution in [1.82, 2.24) is 9.88 Å². The molecule has 2 heterocycles. The highest BCUT2D eigenvalue weighted by Crippen LogP contribution is 2.30. The number of anilines is 2. The maximum Gasteiger partial charge on any atom is 0.416 e. The predicted octanol–water partition coefficient (Wildman–Crippen LogP) is 4.02. The first-order chi connectivity index (χ1) is 15.2. The predicted molar refractivity (Wildman–Crippen MR) is 117 cm³/mol. The lowest BCUT2D eigenvalue weighted by Crippen LogP contribution is -2.46. The van der Waals surface area contributed by atoms with Crippen LogP contribution in [0, 0.1) is 5.82 Å². The maximum atomic E-state index is 13.5. The van der Waals surface area contributed by atoms with E-state index in [2.05, 4.69) is 14.8 Å². The minimum Gasteiger partial charge on any atom is -0.398 e. The molecule has 3 aromatic rings. The van der Waals surface area contributed by atoms with Gasteiger partial charge in [0.05, 0.1) is 10.9 Å². The molecule has 3 N–H and O–H groups in total. The summed E-state index contributed by atoms with van der Waals surface area (Å²) in [5.41, 5.74) is 6.66. The second kappa shape index (κ2) is 8.82. The summed E-state index contributed by atoms with van der Waals surface area (Å²) < 4.78 is 51.7. The van der Waals surface area contributed by atoms with Crippen molar-refractivity contribution in [2.24, 2.45) is 0 Å². The molecule has 170 valence electrons. The van der Waals surface area contributed by atoms with Crippen LogP contribution >= 0.6 is 0 Å². The number of aromatic amines is 1. The SMILES string of the molecule is Nc1cc(F)cc2c(=O)[nH]c(CCCN3CCN(c4ccc(C(F)(F)F)cc4)CC3)cc12. The third kappa shape index (κ3) is 4.88. The molecule has 0 saturated carbocycles. The van der Waals surface area contributed by atoms with Crippen molar-refractivity contribution in [2.45, 2.75) is 19.0 Å². The highest BCUT2D eigenvalue weighted by atomic mass is 19.4. The smallest absolute Gasteiger partial charge is 0.398 e. The van der Waals surface area contributed by atoms with E-state index in [0.717, 1.165) is 62.7 Å². The Morgan fingerprint density at radius 3 is 2.31 bits per heavy atom. The molecule has 0 amide bonds. The second-order valence-electron chi connectivity index (χ2n) is 8.06. The Bertz CT molecular complexity index is 1150. The van der Waals surface area contributed by atoms with Crippen LogP contribution in [0.25, 0.3) is 10.8 Å². The van der Waals surface area contributed by atoms with Gasteiger partial charge >= 0.3 is 6.18 Å². The lowest BCUT2D eigenvalue weighted by atomic mass is 10.1. The highest BCUT2D eigenvalue weighted by Gasteiger charge is 2.30. The molecule has 4 rings (SSSR count). The summed E-state index contributed by atoms with van der Waals surface area (Å²) in [7, 11) is 0. The second-order valence-corrected chi connectivity index (χ2v) is 8.06. The summed E-state index contributed by atoms with van der Waals surface area (Å²) >= 11 is 0. The summed E-state index contributed by atoms with van der Waals surface area (Å²) in [5.74, 6) is -0.538. The molecule has 0 unspecified atom stereocenters. The molecular weight excluding hydrogens is 424 g/mol. The molecule has 2 aromatic carbocycles. The van der Waals surface area contributed by atoms with Crippen molar-refractivity contribution in [3.63, 3.8) is 0 Å². The number of alkyl halides is 3. The zero-order valence-corrected chi connectivity index (χ0v) is 17.4. The Kier molecular flexibility index (Phi) is 6.10. The number of hydrogen-bond acceptors (Lipinski definition) is 4. The van der Waals surface area contributed by atoms with Crippen molar-refractivity contribution >= 4 is 22.1 Å². The number of aromatic nitrogens is 1. The van der Waals surface area contributed by atoms with Crippen molar-refractivity contribution in [3.05, 3.63) is 69.9 Å². The number of nitrogens with zero attached hydrogens (tertiary/aromatic N) is 2. The van der Waals surface area contributed by atoms with Crippen LogP contribution in [0.2, 0.25) is 0 Å². The molecule has 0 aliphatic carbocycles. The van der Waals surface area contributed by atoms with Crippen molar-refractivity contribution in [1.29, 1.82) is 0 Å². The molecule has 1 aliphatic heterocycles. The first-order valence-corrected chi connectivity index (χ1v) is 10.5. The standard InChI is InChI=1S/C23H24F4N4O/c24-16-12-20-19(21(28)13-16)14-17(29-22(20)32)2-1-7-30-8-10-31(11-9-30)18-5-3-15(4-6-18)23(25,26)27/h3-6,12-14H,1-2,7-11,28H2,(H,29,32). The van der Waals surface area contributed by atoms with Crippen LogP contribution in [-0.4, -0.2) is 42.6 Å². The lowest BCUT2D eigenvalue weighted by Gasteiger charge is -2.36. The van der Waals surface area contributed by atoms with Crippen LogP contribution in [0.5, 0.6) is 0 Å². The first-order valence-electron chi connectivity index (χ1n) is 10.5. The normalized spacial score (nSPS) is 15.4. The zero-order chi connectivity index (χ0) is 22.9. The lowest BCUT2D eigenvalue weighted by molar-refractivity contribution is -0.137. The van der Waals surface area contributed by atoms with Crippen LogP contribution in [-0.2, 0) is 12.6 Å². The Labute approximate surface area is 182 Å². The quantitative estimate of drug-likeness (QED) is 0.457. The Morgan fingerprint density at radius 1 is 0.969 bits per heavy atom. The number of H-pyrrole nitrogens is 1. The van der Waals surface area contributed by atoms with E-state index in [9.17, 15) is 22.4 Å². The molecule has 1 saturated heterocycles. The zero-order valence-electron chi connectivity index (χ0n) is 17.4. The minimum atomic E-state index is -4.32. The van der Waals surface area contributed by atoms with Crippen LogP contribution in [0.4, 0.5) is 28.9 Å². The number of rotatable bonds is 5. The van der Waals surface area contributed by atoms with Gasteiger partial charge in [0.15, 0.2) is 0 Å². The number of nitrogens with one attached hydrogen (secondary N) is 1. The van der Waals surface area contributed by atoms with Gasteiger partial charge in [0, 0.05) is 48.6 Å². The number of benzene rings is 2. The number of pyridine rings is 1. The fourth-order valence-corrected chi connectivity index (χ4v) is 4.13. The Hall–Kier alpha value is -3.07. The number of halogens is 4. The van der Waals surface area contributed by atoms with Gasteiger partial charge in [-0.25, -0.2) is 4.39 Å². The topological polar surface area (TPSA) is 65.4 Å². The number of fused-ring (bicyclic) bond motifs is 1. The van der Waals surface area contributed by atoms with Gasteiger partial charge in [-0.2, -0.15) is 13.2 Å². The summed E-state index contributed by atoms with van der Waals surface area (Å²) in [6, 6.07) is 9.47. The van der Waals surface area contributed by atoms with Crippen molar-refractivity contribution in [2.75, 3.05) is 43.4 Å². The van der Waals surface area contributed by atoms with E-state index in [4.69, 9.17) is 5.73 Å². The Balaban J connectivity index is 1.30. The summed E-state index contributed by atoms with van der Waals surface area (Å²) in [6.07, 6.45) is -2.85. The molecule has 0 spiro atoms. The van der Waals surface area contributed by atoms with E-state index < -0.39 is 17.6 Å². The van der Waals surface area contributed by atoms with Crippen LogP contribution in [0.15, 0.2) is 47.3 Å². The van der Waals surface area contributed by atoms with Gasteiger partial charge < -0.3 is 15.6 Å². The van der Waals surface area contributed by atoms with Crippen LogP contribution in [0.3, 0.4) is 0 Å². The van der Waals surface area contributed by atoms with Crippen LogP contribution in [0.1, 0.15) is 17.7 Å². The minimum absolute atomic E-state index is 0.241. The Morgan fingerprint density at radius 2 is 1.66 bits per heavy atom. The fraction of sp³-hybridized carbons (Fsp3) is 0.348. The van der Waals surface area contributed by atoms with E-state index in [-0.39, 0.29) is 16.6 Å². The van der Waals surface area contributed by atoms with Gasteiger partial charge in [0.2, 0.25) is 0 Å². The van der Waals surface area contributed by atoms with Crippen molar-refractivity contribution < 1.29 is 17.6 Å². The van der Waals surface area contributed by atoms with Gasteiger partial charge in [-0.1, -0.05) is 0 Å². The monoisotopic (exact) mass is 448 g/mol. The molecule has 9 heteroatoms. The summed E-state index contributed by atoms with van der Waals surface area (Å²) in [4.78, 5) is 19.4. The van der Waals surface area contributed by atoms with E-state index >= 15 is 0 Å². The molecule has 0 radical (unpaired) electrons. The fourth-order valence-electron chi connectivity index (χ4n) is 4.13. The molecule has 0 atom stereocenters. The number of piperazine rings is 1. The molecular formula is C23H24F4N4O. The number of aryl methyl sites for hydroxylation is 1. The molecule has 1 aromatic heterocycles. The third-order valence-corrected chi connectivity index (χ3v) is 5.87. The molecule has 32 heavy (non-hydrogen) atoms. The third-order valence-electron chi connectivity index (χ3n) is 5.87. The van der Waals surface area contributed by atoms with E-state index in [1.165, 1.54) is 24.3 Å². The molecule has 1 fully saturated rings. The molecule has 5 nitrogen and oxygen atoms in total.